The quantitative estimate of drug-likeness (QED) is 0.743. The van der Waals surface area contributed by atoms with Crippen molar-refractivity contribution in [3.63, 3.8) is 0 Å². The van der Waals surface area contributed by atoms with Gasteiger partial charge in [0.15, 0.2) is 0 Å². The summed E-state index contributed by atoms with van der Waals surface area (Å²) in [6.07, 6.45) is 3.79. The molecule has 0 saturated carbocycles. The normalized spacial score (nSPS) is 15.3. The molecule has 0 radical (unpaired) electrons. The molecule has 2 aromatic heterocycles. The van der Waals surface area contributed by atoms with Gasteiger partial charge < -0.3 is 14.2 Å². The number of aromatic nitrogens is 1. The topological polar surface area (TPSA) is 57.5 Å². The highest BCUT2D eigenvalue weighted by Gasteiger charge is 2.25. The fourth-order valence-corrected chi connectivity index (χ4v) is 3.93. The van der Waals surface area contributed by atoms with E-state index in [1.807, 2.05) is 29.7 Å². The summed E-state index contributed by atoms with van der Waals surface area (Å²) in [6.45, 7) is 4.78. The van der Waals surface area contributed by atoms with E-state index in [9.17, 15) is 5.26 Å². The van der Waals surface area contributed by atoms with E-state index in [4.69, 9.17) is 4.42 Å². The first-order valence-corrected chi connectivity index (χ1v) is 9.95. The van der Waals surface area contributed by atoms with Crippen molar-refractivity contribution in [3.05, 3.63) is 69.9 Å². The van der Waals surface area contributed by atoms with Crippen LogP contribution in [0.4, 0.5) is 5.88 Å². The lowest BCUT2D eigenvalue weighted by Gasteiger charge is -2.31. The lowest BCUT2D eigenvalue weighted by atomic mass is 10.2. The van der Waals surface area contributed by atoms with Crippen molar-refractivity contribution in [1.82, 2.24) is 4.98 Å². The van der Waals surface area contributed by atoms with Crippen molar-refractivity contribution in [2.75, 3.05) is 31.1 Å². The number of nitrogens with zero attached hydrogens (tertiary/aromatic N) is 3. The minimum absolute atomic E-state index is 0.368. The van der Waals surface area contributed by atoms with Crippen LogP contribution in [-0.4, -0.2) is 31.2 Å². The molecule has 0 spiro atoms. The van der Waals surface area contributed by atoms with Crippen LogP contribution >= 0.6 is 11.3 Å². The Bertz CT molecular complexity index is 932. The Morgan fingerprint density at radius 3 is 2.67 bits per heavy atom. The van der Waals surface area contributed by atoms with Gasteiger partial charge in [-0.1, -0.05) is 36.4 Å². The molecule has 1 aliphatic heterocycles. The summed E-state index contributed by atoms with van der Waals surface area (Å²) in [5.41, 5.74) is 1.73. The van der Waals surface area contributed by atoms with E-state index in [1.54, 1.807) is 16.2 Å². The summed E-state index contributed by atoms with van der Waals surface area (Å²) in [5.74, 6) is 1.08. The monoisotopic (exact) mass is 377 g/mol. The number of quaternary nitrogens is 1. The lowest BCUT2D eigenvalue weighted by molar-refractivity contribution is -0.914. The third-order valence-corrected chi connectivity index (χ3v) is 5.56. The van der Waals surface area contributed by atoms with Gasteiger partial charge in [-0.25, -0.2) is 0 Å². The lowest BCUT2D eigenvalue weighted by Crippen LogP contribution is -3.13. The molecule has 5 nitrogen and oxygen atoms in total. The Morgan fingerprint density at radius 1 is 1.15 bits per heavy atom. The minimum Gasteiger partial charge on any atom is -0.420 e. The molecule has 3 heterocycles. The van der Waals surface area contributed by atoms with Crippen LogP contribution in [0.2, 0.25) is 0 Å². The van der Waals surface area contributed by atoms with E-state index in [0.717, 1.165) is 37.6 Å². The number of rotatable bonds is 5. The van der Waals surface area contributed by atoms with Gasteiger partial charge in [0.25, 0.3) is 0 Å². The largest absolute Gasteiger partial charge is 0.420 e. The smallest absolute Gasteiger partial charge is 0.235 e. The molecule has 1 aliphatic rings. The molecule has 136 valence electrons. The van der Waals surface area contributed by atoms with Crippen LogP contribution in [0.25, 0.3) is 12.2 Å². The second-order valence-electron chi connectivity index (χ2n) is 6.57. The fourth-order valence-electron chi connectivity index (χ4n) is 3.31. The summed E-state index contributed by atoms with van der Waals surface area (Å²) in [5, 5.41) is 11.5. The number of anilines is 1. The summed E-state index contributed by atoms with van der Waals surface area (Å²) in [4.78, 5) is 9.15. The highest BCUT2D eigenvalue weighted by Crippen LogP contribution is 2.23. The number of thiophene rings is 1. The Kier molecular flexibility index (Phi) is 5.33. The van der Waals surface area contributed by atoms with Gasteiger partial charge >= 0.3 is 0 Å². The first kappa shape index (κ1) is 17.5. The number of piperazine rings is 1. The van der Waals surface area contributed by atoms with Crippen LogP contribution in [0.5, 0.6) is 0 Å². The molecule has 27 heavy (non-hydrogen) atoms. The van der Waals surface area contributed by atoms with Crippen LogP contribution in [0.15, 0.2) is 52.3 Å². The second-order valence-corrected chi connectivity index (χ2v) is 7.55. The third kappa shape index (κ3) is 4.27. The molecular weight excluding hydrogens is 356 g/mol. The van der Waals surface area contributed by atoms with Gasteiger partial charge in [0, 0.05) is 16.5 Å². The van der Waals surface area contributed by atoms with Crippen LogP contribution in [-0.2, 0) is 6.54 Å². The molecule has 3 aromatic rings. The van der Waals surface area contributed by atoms with Gasteiger partial charge in [0.2, 0.25) is 17.5 Å². The predicted molar refractivity (Wildman–Crippen MR) is 108 cm³/mol. The Labute approximate surface area is 162 Å². The molecule has 1 saturated heterocycles. The Hall–Kier alpha value is -2.88. The van der Waals surface area contributed by atoms with E-state index < -0.39 is 0 Å². The summed E-state index contributed by atoms with van der Waals surface area (Å²) < 4.78 is 5.90. The molecule has 0 amide bonds. The number of nitriles is 1. The maximum Gasteiger partial charge on any atom is 0.235 e. The van der Waals surface area contributed by atoms with Gasteiger partial charge in [0.05, 0.1) is 26.2 Å². The summed E-state index contributed by atoms with van der Waals surface area (Å²) in [7, 11) is 0. The van der Waals surface area contributed by atoms with Crippen molar-refractivity contribution >= 4 is 29.4 Å². The van der Waals surface area contributed by atoms with Crippen molar-refractivity contribution < 1.29 is 9.32 Å². The molecule has 6 heteroatoms. The standard InChI is InChI=1S/C21H20N4OS/c22-15-19-21(26-20(23-19)9-8-18-7-4-14-27-18)25-12-10-24(11-13-25)16-17-5-2-1-3-6-17/h1-9,14H,10-13,16H2/p+1/b9-8+. The number of benzene rings is 1. The van der Waals surface area contributed by atoms with Crippen molar-refractivity contribution in [2.45, 2.75) is 6.54 Å². The average molecular weight is 377 g/mol. The number of oxazole rings is 1. The molecule has 0 unspecified atom stereocenters. The zero-order valence-electron chi connectivity index (χ0n) is 15.0. The maximum atomic E-state index is 9.44. The summed E-state index contributed by atoms with van der Waals surface area (Å²) in [6, 6.07) is 16.8. The molecular formula is C21H21N4OS+. The predicted octanol–water partition coefficient (Wildman–Crippen LogP) is 2.68. The molecule has 0 aliphatic carbocycles. The molecule has 4 rings (SSSR count). The second kappa shape index (κ2) is 8.21. The van der Waals surface area contributed by atoms with Gasteiger partial charge in [0.1, 0.15) is 12.6 Å². The van der Waals surface area contributed by atoms with Crippen LogP contribution in [0.1, 0.15) is 22.0 Å². The zero-order chi connectivity index (χ0) is 18.5. The molecule has 0 atom stereocenters. The van der Waals surface area contributed by atoms with Gasteiger partial charge in [-0.15, -0.1) is 11.3 Å². The first-order valence-electron chi connectivity index (χ1n) is 9.07. The number of hydrogen-bond donors (Lipinski definition) is 1. The van der Waals surface area contributed by atoms with Crippen LogP contribution < -0.4 is 9.80 Å². The Balaban J connectivity index is 1.41. The molecule has 1 N–H and O–H groups in total. The molecule has 0 bridgehead atoms. The average Bonchev–Trinajstić information content (AvgIpc) is 3.37. The van der Waals surface area contributed by atoms with Crippen LogP contribution in [0, 0.1) is 11.3 Å². The van der Waals surface area contributed by atoms with E-state index in [2.05, 4.69) is 46.3 Å². The van der Waals surface area contributed by atoms with Crippen molar-refractivity contribution in [2.24, 2.45) is 0 Å². The van der Waals surface area contributed by atoms with E-state index in [-0.39, 0.29) is 0 Å². The van der Waals surface area contributed by atoms with E-state index in [1.165, 1.54) is 5.56 Å². The molecule has 1 fully saturated rings. The first-order chi connectivity index (χ1) is 13.3. The third-order valence-electron chi connectivity index (χ3n) is 4.72. The highest BCUT2D eigenvalue weighted by molar-refractivity contribution is 7.10. The zero-order valence-corrected chi connectivity index (χ0v) is 15.8. The van der Waals surface area contributed by atoms with Crippen LogP contribution in [0.3, 0.4) is 0 Å². The minimum atomic E-state index is 0.368. The highest BCUT2D eigenvalue weighted by atomic mass is 32.1. The van der Waals surface area contributed by atoms with E-state index in [0.29, 0.717) is 17.5 Å². The Morgan fingerprint density at radius 2 is 1.96 bits per heavy atom. The maximum absolute atomic E-state index is 9.44. The van der Waals surface area contributed by atoms with Gasteiger partial charge in [-0.3, -0.25) is 0 Å². The number of nitrogens with one attached hydrogen (secondary N) is 1. The molecule has 1 aromatic carbocycles. The van der Waals surface area contributed by atoms with Crippen molar-refractivity contribution in [3.8, 4) is 6.07 Å². The SMILES string of the molecule is N#Cc1nc(/C=C/c2cccs2)oc1N1CC[NH+](Cc2ccccc2)CC1. The number of hydrogen-bond acceptors (Lipinski definition) is 5. The van der Waals surface area contributed by atoms with Gasteiger partial charge in [-0.05, 0) is 17.5 Å². The van der Waals surface area contributed by atoms with Crippen molar-refractivity contribution in [1.29, 1.82) is 5.26 Å². The van der Waals surface area contributed by atoms with E-state index >= 15 is 0 Å². The fraction of sp³-hybridized carbons (Fsp3) is 0.238. The van der Waals surface area contributed by atoms with Gasteiger partial charge in [-0.2, -0.15) is 10.2 Å². The summed E-state index contributed by atoms with van der Waals surface area (Å²) >= 11 is 1.65.